The molecule has 2 aromatic carbocycles. The molecule has 1 aromatic heterocycles. The number of hydrogen-bond acceptors (Lipinski definition) is 6. The number of sulfone groups is 1. The van der Waals surface area contributed by atoms with Crippen molar-refractivity contribution < 1.29 is 13.2 Å². The van der Waals surface area contributed by atoms with Crippen molar-refractivity contribution in [3.05, 3.63) is 53.5 Å². The first-order chi connectivity index (χ1) is 14.5. The second-order valence-electron chi connectivity index (χ2n) is 8.03. The molecule has 8 heteroatoms. The van der Waals surface area contributed by atoms with E-state index in [1.54, 1.807) is 5.38 Å². The van der Waals surface area contributed by atoms with Crippen molar-refractivity contribution in [2.24, 2.45) is 0 Å². The fourth-order valence-electron chi connectivity index (χ4n) is 4.56. The van der Waals surface area contributed by atoms with Crippen LogP contribution in [0.15, 0.2) is 47.8 Å². The zero-order valence-corrected chi connectivity index (χ0v) is 18.1. The number of likely N-dealkylation sites (tertiary alicyclic amines) is 1. The standard InChI is InChI=1S/C22H23N3O3S2/c26-21(23-19-13-30(27,28)14-20(19)25-10-3-4-11-25)18-12-29-22(24-18)17-9-5-7-15-6-1-2-8-16(15)17/h1-2,5-9,12,19-20H,3-4,10-11,13-14H2,(H,23,26). The Balaban J connectivity index is 1.38. The van der Waals surface area contributed by atoms with Gasteiger partial charge in [-0.05, 0) is 36.7 Å². The Morgan fingerprint density at radius 3 is 2.67 bits per heavy atom. The summed E-state index contributed by atoms with van der Waals surface area (Å²) in [6.45, 7) is 1.79. The SMILES string of the molecule is O=C(NC1CS(=O)(=O)CC1N1CCCC1)c1csc(-c2cccc3ccccc23)n1. The minimum absolute atomic E-state index is 0.000222. The predicted octanol–water partition coefficient (Wildman–Crippen LogP) is 2.95. The summed E-state index contributed by atoms with van der Waals surface area (Å²) in [4.78, 5) is 19.7. The second-order valence-corrected chi connectivity index (χ2v) is 11.0. The van der Waals surface area contributed by atoms with Gasteiger partial charge in [0.15, 0.2) is 9.84 Å². The monoisotopic (exact) mass is 441 g/mol. The van der Waals surface area contributed by atoms with E-state index in [1.807, 2.05) is 24.3 Å². The van der Waals surface area contributed by atoms with Gasteiger partial charge in [0.1, 0.15) is 10.7 Å². The number of nitrogens with zero attached hydrogens (tertiary/aromatic N) is 2. The summed E-state index contributed by atoms with van der Waals surface area (Å²) >= 11 is 1.43. The smallest absolute Gasteiger partial charge is 0.271 e. The molecule has 2 fully saturated rings. The van der Waals surface area contributed by atoms with Crippen molar-refractivity contribution >= 4 is 37.9 Å². The Labute approximate surface area is 179 Å². The maximum absolute atomic E-state index is 12.9. The van der Waals surface area contributed by atoms with Gasteiger partial charge in [-0.25, -0.2) is 13.4 Å². The number of fused-ring (bicyclic) bond motifs is 1. The average Bonchev–Trinajstić information content (AvgIpc) is 3.47. The van der Waals surface area contributed by atoms with E-state index in [0.717, 1.165) is 47.3 Å². The maximum atomic E-state index is 12.9. The number of rotatable bonds is 4. The number of aromatic nitrogens is 1. The molecular formula is C22H23N3O3S2. The Morgan fingerprint density at radius 1 is 1.07 bits per heavy atom. The van der Waals surface area contributed by atoms with Crippen LogP contribution in [-0.2, 0) is 9.84 Å². The van der Waals surface area contributed by atoms with E-state index in [0.29, 0.717) is 5.69 Å². The first kappa shape index (κ1) is 19.7. The number of thiazole rings is 1. The number of carbonyl (C=O) groups is 1. The van der Waals surface area contributed by atoms with Crippen LogP contribution in [0.3, 0.4) is 0 Å². The molecule has 2 saturated heterocycles. The molecule has 1 amide bonds. The first-order valence-electron chi connectivity index (χ1n) is 10.2. The van der Waals surface area contributed by atoms with Crippen LogP contribution in [0, 0.1) is 0 Å². The lowest BCUT2D eigenvalue weighted by Crippen LogP contribution is -2.50. The number of hydrogen-bond donors (Lipinski definition) is 1. The molecule has 156 valence electrons. The lowest BCUT2D eigenvalue weighted by atomic mass is 10.1. The average molecular weight is 442 g/mol. The van der Waals surface area contributed by atoms with Gasteiger partial charge in [0.2, 0.25) is 0 Å². The minimum atomic E-state index is -3.15. The predicted molar refractivity (Wildman–Crippen MR) is 120 cm³/mol. The minimum Gasteiger partial charge on any atom is -0.345 e. The number of nitrogens with one attached hydrogen (secondary N) is 1. The molecule has 2 unspecified atom stereocenters. The fraction of sp³-hybridized carbons (Fsp3) is 0.364. The number of amides is 1. The Hall–Kier alpha value is -2.29. The third kappa shape index (κ3) is 3.75. The lowest BCUT2D eigenvalue weighted by molar-refractivity contribution is 0.0914. The molecule has 2 aliphatic rings. The molecular weight excluding hydrogens is 418 g/mol. The van der Waals surface area contributed by atoms with E-state index in [-0.39, 0.29) is 29.5 Å². The molecule has 2 atom stereocenters. The van der Waals surface area contributed by atoms with Crippen molar-refractivity contribution in [2.75, 3.05) is 24.6 Å². The highest BCUT2D eigenvalue weighted by Crippen LogP contribution is 2.31. The second kappa shape index (κ2) is 7.76. The van der Waals surface area contributed by atoms with Crippen LogP contribution < -0.4 is 5.32 Å². The molecule has 0 spiro atoms. The van der Waals surface area contributed by atoms with Crippen molar-refractivity contribution in [3.63, 3.8) is 0 Å². The summed E-state index contributed by atoms with van der Waals surface area (Å²) in [5.74, 6) is -0.180. The van der Waals surface area contributed by atoms with Gasteiger partial charge in [0.05, 0.1) is 17.5 Å². The summed E-state index contributed by atoms with van der Waals surface area (Å²) in [5.41, 5.74) is 1.34. The Morgan fingerprint density at radius 2 is 1.83 bits per heavy atom. The van der Waals surface area contributed by atoms with Crippen LogP contribution in [0.2, 0.25) is 0 Å². The van der Waals surface area contributed by atoms with Gasteiger partial charge in [-0.3, -0.25) is 9.69 Å². The van der Waals surface area contributed by atoms with Gasteiger partial charge < -0.3 is 5.32 Å². The van der Waals surface area contributed by atoms with Crippen molar-refractivity contribution in [2.45, 2.75) is 24.9 Å². The summed E-state index contributed by atoms with van der Waals surface area (Å²) < 4.78 is 24.5. The number of benzene rings is 2. The van der Waals surface area contributed by atoms with Crippen LogP contribution in [0.1, 0.15) is 23.3 Å². The zero-order chi connectivity index (χ0) is 20.7. The van der Waals surface area contributed by atoms with Crippen LogP contribution in [-0.4, -0.2) is 60.9 Å². The van der Waals surface area contributed by atoms with Crippen LogP contribution in [0.5, 0.6) is 0 Å². The molecule has 30 heavy (non-hydrogen) atoms. The molecule has 2 aliphatic heterocycles. The molecule has 6 nitrogen and oxygen atoms in total. The van der Waals surface area contributed by atoms with Gasteiger partial charge in [-0.15, -0.1) is 11.3 Å². The third-order valence-corrected chi connectivity index (χ3v) is 8.60. The van der Waals surface area contributed by atoms with Crippen LogP contribution in [0.25, 0.3) is 21.3 Å². The van der Waals surface area contributed by atoms with Gasteiger partial charge in [-0.1, -0.05) is 42.5 Å². The largest absolute Gasteiger partial charge is 0.345 e. The quantitative estimate of drug-likeness (QED) is 0.673. The molecule has 0 saturated carbocycles. The molecule has 0 bridgehead atoms. The summed E-state index contributed by atoms with van der Waals surface area (Å²) in [6, 6.07) is 13.6. The Bertz CT molecular complexity index is 1190. The van der Waals surface area contributed by atoms with Crippen LogP contribution in [0.4, 0.5) is 0 Å². The lowest BCUT2D eigenvalue weighted by Gasteiger charge is -2.28. The van der Waals surface area contributed by atoms with E-state index < -0.39 is 9.84 Å². The van der Waals surface area contributed by atoms with E-state index >= 15 is 0 Å². The summed E-state index contributed by atoms with van der Waals surface area (Å²) in [6.07, 6.45) is 2.16. The van der Waals surface area contributed by atoms with Crippen molar-refractivity contribution in [3.8, 4) is 10.6 Å². The fourth-order valence-corrected chi connectivity index (χ4v) is 7.35. The summed E-state index contributed by atoms with van der Waals surface area (Å²) in [5, 5.41) is 7.72. The topological polar surface area (TPSA) is 79.4 Å². The van der Waals surface area contributed by atoms with Crippen molar-refractivity contribution in [1.82, 2.24) is 15.2 Å². The highest BCUT2D eigenvalue weighted by atomic mass is 32.2. The first-order valence-corrected chi connectivity index (χ1v) is 12.9. The van der Waals surface area contributed by atoms with E-state index in [9.17, 15) is 13.2 Å². The van der Waals surface area contributed by atoms with Crippen LogP contribution >= 0.6 is 11.3 Å². The molecule has 3 heterocycles. The summed E-state index contributed by atoms with van der Waals surface area (Å²) in [7, 11) is -3.15. The Kier molecular flexibility index (Phi) is 5.08. The maximum Gasteiger partial charge on any atom is 0.271 e. The van der Waals surface area contributed by atoms with Gasteiger partial charge in [0, 0.05) is 17.0 Å². The highest BCUT2D eigenvalue weighted by Gasteiger charge is 2.42. The molecule has 5 rings (SSSR count). The van der Waals surface area contributed by atoms with E-state index in [4.69, 9.17) is 0 Å². The molecule has 0 aliphatic carbocycles. The number of carbonyl (C=O) groups excluding carboxylic acids is 1. The van der Waals surface area contributed by atoms with Gasteiger partial charge >= 0.3 is 0 Å². The molecule has 1 N–H and O–H groups in total. The van der Waals surface area contributed by atoms with Gasteiger partial charge in [0.25, 0.3) is 5.91 Å². The van der Waals surface area contributed by atoms with Crippen molar-refractivity contribution in [1.29, 1.82) is 0 Å². The van der Waals surface area contributed by atoms with E-state index in [1.165, 1.54) is 11.3 Å². The molecule has 0 radical (unpaired) electrons. The highest BCUT2D eigenvalue weighted by molar-refractivity contribution is 7.91. The van der Waals surface area contributed by atoms with E-state index in [2.05, 4.69) is 33.4 Å². The normalized spacial score (nSPS) is 23.7. The van der Waals surface area contributed by atoms with Gasteiger partial charge in [-0.2, -0.15) is 0 Å². The third-order valence-electron chi connectivity index (χ3n) is 6.01. The zero-order valence-electron chi connectivity index (χ0n) is 16.5. The molecule has 3 aromatic rings.